The Balaban J connectivity index is 1.69. The summed E-state index contributed by atoms with van der Waals surface area (Å²) in [5, 5.41) is 12.1. The van der Waals surface area contributed by atoms with Crippen LogP contribution in [0.1, 0.15) is 5.56 Å². The van der Waals surface area contributed by atoms with Crippen LogP contribution < -0.4 is 0 Å². The Morgan fingerprint density at radius 3 is 2.47 bits per heavy atom. The van der Waals surface area contributed by atoms with E-state index in [1.807, 2.05) is 28.8 Å². The van der Waals surface area contributed by atoms with Crippen molar-refractivity contribution in [2.45, 2.75) is 6.54 Å². The van der Waals surface area contributed by atoms with Crippen LogP contribution in [0, 0.1) is 0 Å². The second-order valence-electron chi connectivity index (χ2n) is 8.41. The van der Waals surface area contributed by atoms with Gasteiger partial charge in [0.05, 0.1) is 17.4 Å². The number of rotatable bonds is 3. The van der Waals surface area contributed by atoms with Crippen LogP contribution >= 0.6 is 0 Å². The maximum atomic E-state index is 9.91. The van der Waals surface area contributed by atoms with Gasteiger partial charge in [-0.25, -0.2) is 9.97 Å². The standard InChI is InChI=1S/C28H19N5O/c34-20-12-10-19(11-13-20)25-27-24(26-28(31-25)32-15-14-29-16-23(32)30-26)21-8-4-5-9-22(21)33(27)17-18-6-2-1-3-7-18/h1-16,34H,17H2. The SMILES string of the molecule is Oc1ccc(-c2nc3c(nc4cnccn43)c3c4ccccc4n(Cc4ccccc4)c23)cc1. The van der Waals surface area contributed by atoms with Crippen molar-refractivity contribution >= 4 is 38.6 Å². The number of para-hydroxylation sites is 1. The molecule has 0 aliphatic carbocycles. The third-order valence-corrected chi connectivity index (χ3v) is 6.38. The van der Waals surface area contributed by atoms with Crippen LogP contribution in [0.2, 0.25) is 0 Å². The first-order chi connectivity index (χ1) is 16.8. The summed E-state index contributed by atoms with van der Waals surface area (Å²) in [4.78, 5) is 14.4. The number of imidazole rings is 1. The van der Waals surface area contributed by atoms with E-state index >= 15 is 0 Å². The van der Waals surface area contributed by atoms with Gasteiger partial charge in [-0.3, -0.25) is 9.38 Å². The number of fused-ring (bicyclic) bond motifs is 7. The summed E-state index contributed by atoms with van der Waals surface area (Å²) in [6.45, 7) is 0.706. The lowest BCUT2D eigenvalue weighted by Crippen LogP contribution is -2.02. The minimum atomic E-state index is 0.228. The Morgan fingerprint density at radius 2 is 1.62 bits per heavy atom. The zero-order chi connectivity index (χ0) is 22.6. The number of hydrogen-bond donors (Lipinski definition) is 1. The second-order valence-corrected chi connectivity index (χ2v) is 8.41. The van der Waals surface area contributed by atoms with Crippen molar-refractivity contribution < 1.29 is 5.11 Å². The summed E-state index contributed by atoms with van der Waals surface area (Å²) in [5.74, 6) is 0.228. The van der Waals surface area contributed by atoms with Crippen molar-refractivity contribution in [2.75, 3.05) is 0 Å². The predicted octanol–water partition coefficient (Wildman–Crippen LogP) is 5.81. The van der Waals surface area contributed by atoms with Gasteiger partial charge in [-0.2, -0.15) is 0 Å². The van der Waals surface area contributed by atoms with E-state index in [4.69, 9.17) is 9.97 Å². The quantitative estimate of drug-likeness (QED) is 0.376. The van der Waals surface area contributed by atoms with E-state index in [-0.39, 0.29) is 5.75 Å². The zero-order valence-corrected chi connectivity index (χ0v) is 18.1. The molecule has 6 nitrogen and oxygen atoms in total. The van der Waals surface area contributed by atoms with Gasteiger partial charge in [0.15, 0.2) is 11.3 Å². The van der Waals surface area contributed by atoms with Gasteiger partial charge < -0.3 is 9.67 Å². The third-order valence-electron chi connectivity index (χ3n) is 6.38. The molecule has 0 saturated heterocycles. The number of phenols is 1. The molecular formula is C28H19N5O. The molecule has 0 radical (unpaired) electrons. The van der Waals surface area contributed by atoms with Crippen LogP contribution in [0.25, 0.3) is 49.9 Å². The molecule has 0 fully saturated rings. The molecule has 7 aromatic rings. The van der Waals surface area contributed by atoms with Crippen molar-refractivity contribution in [1.29, 1.82) is 0 Å². The first-order valence-electron chi connectivity index (χ1n) is 11.1. The van der Waals surface area contributed by atoms with Crippen molar-refractivity contribution in [1.82, 2.24) is 23.9 Å². The summed E-state index contributed by atoms with van der Waals surface area (Å²) >= 11 is 0. The average molecular weight is 441 g/mol. The summed E-state index contributed by atoms with van der Waals surface area (Å²) in [6, 6.07) is 26.1. The van der Waals surface area contributed by atoms with E-state index in [0.717, 1.165) is 49.9 Å². The average Bonchev–Trinajstić information content (AvgIpc) is 3.41. The number of phenolic OH excluding ortho intramolecular Hbond substituents is 1. The highest BCUT2D eigenvalue weighted by Gasteiger charge is 2.22. The molecule has 162 valence electrons. The maximum Gasteiger partial charge on any atom is 0.165 e. The smallest absolute Gasteiger partial charge is 0.165 e. The van der Waals surface area contributed by atoms with E-state index in [1.165, 1.54) is 5.56 Å². The van der Waals surface area contributed by atoms with Crippen LogP contribution in [-0.4, -0.2) is 29.0 Å². The molecule has 0 spiro atoms. The molecule has 0 saturated carbocycles. The van der Waals surface area contributed by atoms with Gasteiger partial charge in [0, 0.05) is 40.8 Å². The topological polar surface area (TPSA) is 68.2 Å². The molecule has 7 rings (SSSR count). The fraction of sp³-hybridized carbons (Fsp3) is 0.0357. The molecular weight excluding hydrogens is 422 g/mol. The summed E-state index contributed by atoms with van der Waals surface area (Å²) < 4.78 is 4.31. The molecule has 3 aromatic carbocycles. The molecule has 0 unspecified atom stereocenters. The number of aromatic hydroxyl groups is 1. The maximum absolute atomic E-state index is 9.91. The van der Waals surface area contributed by atoms with E-state index in [0.29, 0.717) is 6.54 Å². The molecule has 1 N–H and O–H groups in total. The van der Waals surface area contributed by atoms with Gasteiger partial charge >= 0.3 is 0 Å². The molecule has 0 amide bonds. The number of hydrogen-bond acceptors (Lipinski definition) is 4. The summed E-state index contributed by atoms with van der Waals surface area (Å²) in [7, 11) is 0. The van der Waals surface area contributed by atoms with Crippen LogP contribution in [0.15, 0.2) is 97.5 Å². The Hall–Kier alpha value is -4.71. The van der Waals surface area contributed by atoms with Crippen molar-refractivity contribution in [3.05, 3.63) is 103 Å². The molecule has 0 aliphatic heterocycles. The normalized spacial score (nSPS) is 11.8. The highest BCUT2D eigenvalue weighted by molar-refractivity contribution is 6.21. The van der Waals surface area contributed by atoms with Gasteiger partial charge in [0.2, 0.25) is 0 Å². The minimum absolute atomic E-state index is 0.228. The Kier molecular flexibility index (Phi) is 3.96. The largest absolute Gasteiger partial charge is 0.508 e. The minimum Gasteiger partial charge on any atom is -0.508 e. The molecule has 34 heavy (non-hydrogen) atoms. The van der Waals surface area contributed by atoms with Crippen LogP contribution in [0.5, 0.6) is 5.75 Å². The highest BCUT2D eigenvalue weighted by atomic mass is 16.3. The van der Waals surface area contributed by atoms with Gasteiger partial charge in [-0.1, -0.05) is 48.5 Å². The Morgan fingerprint density at radius 1 is 0.824 bits per heavy atom. The highest BCUT2D eigenvalue weighted by Crippen LogP contribution is 2.39. The van der Waals surface area contributed by atoms with Gasteiger partial charge in [0.25, 0.3) is 0 Å². The van der Waals surface area contributed by atoms with Gasteiger partial charge in [0.1, 0.15) is 11.3 Å². The van der Waals surface area contributed by atoms with E-state index < -0.39 is 0 Å². The number of benzene rings is 3. The van der Waals surface area contributed by atoms with Crippen LogP contribution in [0.3, 0.4) is 0 Å². The summed E-state index contributed by atoms with van der Waals surface area (Å²) in [6.07, 6.45) is 5.41. The lowest BCUT2D eigenvalue weighted by Gasteiger charge is -2.12. The first-order valence-corrected chi connectivity index (χ1v) is 11.1. The van der Waals surface area contributed by atoms with Crippen LogP contribution in [0.4, 0.5) is 0 Å². The van der Waals surface area contributed by atoms with Gasteiger partial charge in [-0.05, 0) is 35.9 Å². The zero-order valence-electron chi connectivity index (χ0n) is 18.1. The lowest BCUT2D eigenvalue weighted by atomic mass is 10.1. The fourth-order valence-electron chi connectivity index (χ4n) is 4.87. The molecule has 4 aromatic heterocycles. The third kappa shape index (κ3) is 2.72. The van der Waals surface area contributed by atoms with Gasteiger partial charge in [-0.15, -0.1) is 0 Å². The number of nitrogens with zero attached hydrogens (tertiary/aromatic N) is 5. The van der Waals surface area contributed by atoms with E-state index in [9.17, 15) is 5.11 Å². The van der Waals surface area contributed by atoms with Crippen molar-refractivity contribution in [3.63, 3.8) is 0 Å². The number of pyridine rings is 1. The summed E-state index contributed by atoms with van der Waals surface area (Å²) in [5.41, 5.74) is 7.56. The second kappa shape index (κ2) is 7.15. The molecule has 6 heteroatoms. The Labute approximate surface area is 194 Å². The van der Waals surface area contributed by atoms with Crippen molar-refractivity contribution in [2.24, 2.45) is 0 Å². The molecule has 0 aliphatic rings. The Bertz CT molecular complexity index is 1830. The fourth-order valence-corrected chi connectivity index (χ4v) is 4.87. The molecule has 0 atom stereocenters. The first kappa shape index (κ1) is 18.8. The molecule has 4 heterocycles. The van der Waals surface area contributed by atoms with E-state index in [1.54, 1.807) is 24.5 Å². The monoisotopic (exact) mass is 441 g/mol. The molecule has 0 bridgehead atoms. The van der Waals surface area contributed by atoms with Crippen LogP contribution in [-0.2, 0) is 6.54 Å². The lowest BCUT2D eigenvalue weighted by molar-refractivity contribution is 0.475. The number of aromatic nitrogens is 5. The van der Waals surface area contributed by atoms with E-state index in [2.05, 4.69) is 58.1 Å². The predicted molar refractivity (Wildman–Crippen MR) is 134 cm³/mol. The van der Waals surface area contributed by atoms with Crippen molar-refractivity contribution in [3.8, 4) is 17.0 Å².